The summed E-state index contributed by atoms with van der Waals surface area (Å²) in [5, 5.41) is 3.80. The molecular weight excluding hydrogens is 351 g/mol. The van der Waals surface area contributed by atoms with Crippen LogP contribution < -0.4 is 10.6 Å². The molecule has 0 spiro atoms. The summed E-state index contributed by atoms with van der Waals surface area (Å²) in [6.45, 7) is 1.07. The number of amides is 1. The quantitative estimate of drug-likeness (QED) is 0.606. The number of hydrogen-bond acceptors (Lipinski definition) is 5. The number of alkyl halides is 3. The van der Waals surface area contributed by atoms with E-state index in [1.807, 2.05) is 0 Å². The van der Waals surface area contributed by atoms with Gasteiger partial charge in [-0.1, -0.05) is 18.2 Å². The number of ether oxygens (including phenoxy) is 1. The Labute approximate surface area is 147 Å². The van der Waals surface area contributed by atoms with E-state index in [4.69, 9.17) is 0 Å². The number of rotatable bonds is 6. The van der Waals surface area contributed by atoms with Crippen molar-refractivity contribution in [2.24, 2.45) is 0 Å². The number of nitrogens with one attached hydrogen (secondary N) is 2. The summed E-state index contributed by atoms with van der Waals surface area (Å²) in [6, 6.07) is 9.89. The van der Waals surface area contributed by atoms with Gasteiger partial charge in [0.25, 0.3) is 5.91 Å². The summed E-state index contributed by atoms with van der Waals surface area (Å²) in [5.41, 5.74) is -3.62. The van der Waals surface area contributed by atoms with Crippen molar-refractivity contribution in [2.45, 2.75) is 18.8 Å². The van der Waals surface area contributed by atoms with Crippen LogP contribution in [-0.4, -0.2) is 35.3 Å². The third-order valence-electron chi connectivity index (χ3n) is 3.34. The molecule has 1 heterocycles. The van der Waals surface area contributed by atoms with Crippen molar-refractivity contribution in [3.05, 3.63) is 60.4 Å². The van der Waals surface area contributed by atoms with Gasteiger partial charge in [0.1, 0.15) is 0 Å². The van der Waals surface area contributed by atoms with Gasteiger partial charge in [-0.2, -0.15) is 13.2 Å². The van der Waals surface area contributed by atoms with E-state index in [-0.39, 0.29) is 17.9 Å². The molecule has 9 heteroatoms. The minimum atomic E-state index is -5.19. The van der Waals surface area contributed by atoms with Crippen LogP contribution in [-0.2, 0) is 9.53 Å². The van der Waals surface area contributed by atoms with Crippen LogP contribution in [0.5, 0.6) is 0 Å². The Morgan fingerprint density at radius 1 is 1.12 bits per heavy atom. The molecule has 2 aromatic rings. The normalized spacial score (nSPS) is 13.4. The largest absolute Gasteiger partial charge is 0.463 e. The number of para-hydroxylation sites is 1. The third-order valence-corrected chi connectivity index (χ3v) is 3.34. The number of nitrogens with zero attached hydrogens (tertiary/aromatic N) is 1. The highest BCUT2D eigenvalue weighted by Gasteiger charge is 2.63. The molecule has 138 valence electrons. The number of carbonyl (C=O) groups is 2. The number of pyridine rings is 1. The van der Waals surface area contributed by atoms with Crippen LogP contribution in [0.15, 0.2) is 54.9 Å². The number of halogens is 3. The van der Waals surface area contributed by atoms with Crippen LogP contribution >= 0.6 is 0 Å². The molecule has 26 heavy (non-hydrogen) atoms. The van der Waals surface area contributed by atoms with Gasteiger partial charge in [-0.05, 0) is 31.2 Å². The molecule has 1 aromatic carbocycles. The van der Waals surface area contributed by atoms with Gasteiger partial charge in [0.15, 0.2) is 0 Å². The predicted molar refractivity (Wildman–Crippen MR) is 87.2 cm³/mol. The van der Waals surface area contributed by atoms with Gasteiger partial charge in [0.2, 0.25) is 0 Å². The molecule has 0 saturated heterocycles. The minimum Gasteiger partial charge on any atom is -0.463 e. The van der Waals surface area contributed by atoms with Crippen LogP contribution in [0.3, 0.4) is 0 Å². The Bertz CT molecular complexity index is 754. The van der Waals surface area contributed by atoms with E-state index in [0.717, 1.165) is 6.20 Å². The maximum absolute atomic E-state index is 13.9. The second kappa shape index (κ2) is 7.85. The van der Waals surface area contributed by atoms with Gasteiger partial charge in [-0.3, -0.25) is 9.78 Å². The first kappa shape index (κ1) is 19.2. The fraction of sp³-hybridized carbons (Fsp3) is 0.235. The van der Waals surface area contributed by atoms with Crippen LogP contribution in [0.25, 0.3) is 0 Å². The summed E-state index contributed by atoms with van der Waals surface area (Å²) in [4.78, 5) is 28.2. The number of esters is 1. The zero-order valence-electron chi connectivity index (χ0n) is 13.7. The van der Waals surface area contributed by atoms with Crippen molar-refractivity contribution in [3.63, 3.8) is 0 Å². The summed E-state index contributed by atoms with van der Waals surface area (Å²) >= 11 is 0. The molecule has 2 N–H and O–H groups in total. The van der Waals surface area contributed by atoms with Crippen molar-refractivity contribution >= 4 is 17.6 Å². The maximum Gasteiger partial charge on any atom is 0.441 e. The number of benzene rings is 1. The van der Waals surface area contributed by atoms with E-state index in [1.165, 1.54) is 49.5 Å². The number of aromatic nitrogens is 1. The van der Waals surface area contributed by atoms with Crippen LogP contribution in [0, 0.1) is 0 Å². The monoisotopic (exact) mass is 367 g/mol. The van der Waals surface area contributed by atoms with Crippen molar-refractivity contribution in [3.8, 4) is 0 Å². The van der Waals surface area contributed by atoms with E-state index in [0.29, 0.717) is 0 Å². The second-order valence-corrected chi connectivity index (χ2v) is 5.16. The van der Waals surface area contributed by atoms with Gasteiger partial charge < -0.3 is 15.4 Å². The first-order valence-corrected chi connectivity index (χ1v) is 7.60. The average molecular weight is 367 g/mol. The molecule has 6 nitrogen and oxygen atoms in total. The lowest BCUT2D eigenvalue weighted by Gasteiger charge is -2.35. The van der Waals surface area contributed by atoms with Crippen molar-refractivity contribution in [1.82, 2.24) is 10.3 Å². The summed E-state index contributed by atoms with van der Waals surface area (Å²) in [7, 11) is 0. The Morgan fingerprint density at radius 2 is 1.81 bits per heavy atom. The lowest BCUT2D eigenvalue weighted by atomic mass is 10.1. The molecule has 0 radical (unpaired) electrons. The Balaban J connectivity index is 2.47. The van der Waals surface area contributed by atoms with Gasteiger partial charge in [0.05, 0.1) is 12.2 Å². The van der Waals surface area contributed by atoms with E-state index in [2.05, 4.69) is 15.0 Å². The lowest BCUT2D eigenvalue weighted by Crippen LogP contribution is -2.69. The van der Waals surface area contributed by atoms with Crippen molar-refractivity contribution < 1.29 is 27.5 Å². The molecule has 0 saturated carbocycles. The molecule has 0 fully saturated rings. The zero-order valence-corrected chi connectivity index (χ0v) is 13.7. The van der Waals surface area contributed by atoms with E-state index in [9.17, 15) is 22.8 Å². The Hall–Kier alpha value is -3.10. The fourth-order valence-electron chi connectivity index (χ4n) is 2.11. The predicted octanol–water partition coefficient (Wildman–Crippen LogP) is 2.75. The Kier molecular flexibility index (Phi) is 5.81. The highest BCUT2D eigenvalue weighted by molar-refractivity contribution is 5.99. The number of hydrogen-bond donors (Lipinski definition) is 2. The Morgan fingerprint density at radius 3 is 2.35 bits per heavy atom. The summed E-state index contributed by atoms with van der Waals surface area (Å²) in [6.07, 6.45) is -2.74. The molecular formula is C17H16F3N3O3. The van der Waals surface area contributed by atoms with E-state index in [1.54, 1.807) is 11.4 Å². The molecule has 0 aliphatic rings. The molecule has 0 bridgehead atoms. The second-order valence-electron chi connectivity index (χ2n) is 5.16. The van der Waals surface area contributed by atoms with Crippen molar-refractivity contribution in [1.29, 1.82) is 0 Å². The molecule has 1 aromatic heterocycles. The molecule has 1 unspecified atom stereocenters. The summed E-state index contributed by atoms with van der Waals surface area (Å²) < 4.78 is 46.3. The average Bonchev–Trinajstić information content (AvgIpc) is 2.62. The van der Waals surface area contributed by atoms with Gasteiger partial charge >= 0.3 is 17.8 Å². The highest BCUT2D eigenvalue weighted by Crippen LogP contribution is 2.33. The molecule has 2 rings (SSSR count). The van der Waals surface area contributed by atoms with Gasteiger partial charge in [-0.15, -0.1) is 0 Å². The third kappa shape index (κ3) is 4.11. The van der Waals surface area contributed by atoms with Crippen LogP contribution in [0.1, 0.15) is 17.3 Å². The standard InChI is InChI=1S/C17H16F3N3O3/c1-2-26-15(25)16(17(18,19)20,22-13-8-4-3-5-9-13)23-14(24)12-7-6-10-21-11-12/h3-11,22H,2H2,1H3,(H,23,24). The SMILES string of the molecule is CCOC(=O)C(NC(=O)c1cccnc1)(Nc1ccccc1)C(F)(F)F. The summed E-state index contributed by atoms with van der Waals surface area (Å²) in [5.74, 6) is -2.81. The minimum absolute atomic E-state index is 0.0237. The smallest absolute Gasteiger partial charge is 0.441 e. The zero-order chi connectivity index (χ0) is 19.2. The fourth-order valence-corrected chi connectivity index (χ4v) is 2.11. The number of carbonyl (C=O) groups excluding carboxylic acids is 2. The molecule has 0 aliphatic carbocycles. The number of anilines is 1. The van der Waals surface area contributed by atoms with Crippen molar-refractivity contribution in [2.75, 3.05) is 11.9 Å². The highest BCUT2D eigenvalue weighted by atomic mass is 19.4. The van der Waals surface area contributed by atoms with Crippen LogP contribution in [0.2, 0.25) is 0 Å². The van der Waals surface area contributed by atoms with Gasteiger partial charge in [0, 0.05) is 18.1 Å². The first-order valence-electron chi connectivity index (χ1n) is 7.60. The topological polar surface area (TPSA) is 80.3 Å². The molecule has 1 atom stereocenters. The van der Waals surface area contributed by atoms with Crippen LogP contribution in [0.4, 0.5) is 18.9 Å². The molecule has 1 amide bonds. The lowest BCUT2D eigenvalue weighted by molar-refractivity contribution is -0.204. The maximum atomic E-state index is 13.9. The van der Waals surface area contributed by atoms with E-state index >= 15 is 0 Å². The first-order chi connectivity index (χ1) is 12.3. The van der Waals surface area contributed by atoms with Gasteiger partial charge in [-0.25, -0.2) is 4.79 Å². The van der Waals surface area contributed by atoms with E-state index < -0.39 is 23.7 Å². The molecule has 0 aliphatic heterocycles.